The lowest BCUT2D eigenvalue weighted by Crippen LogP contribution is -2.30. The van der Waals surface area contributed by atoms with Crippen LogP contribution in [0.1, 0.15) is 24.2 Å². The van der Waals surface area contributed by atoms with Crippen molar-refractivity contribution in [3.8, 4) is 0 Å². The van der Waals surface area contributed by atoms with Crippen LogP contribution in [-0.2, 0) is 19.6 Å². The van der Waals surface area contributed by atoms with Crippen LogP contribution in [0, 0.1) is 5.82 Å². The first kappa shape index (κ1) is 21.5. The fraction of sp³-hybridized carbons (Fsp3) is 0.263. The molecule has 2 aromatic rings. The number of sulfonamides is 1. The normalized spacial score (nSPS) is 11.3. The first-order chi connectivity index (χ1) is 13.3. The molecule has 0 spiro atoms. The highest BCUT2D eigenvalue weighted by molar-refractivity contribution is 7.89. The van der Waals surface area contributed by atoms with Crippen molar-refractivity contribution in [3.63, 3.8) is 0 Å². The number of nitrogens with one attached hydrogen (secondary N) is 1. The van der Waals surface area contributed by atoms with Crippen LogP contribution in [0.5, 0.6) is 0 Å². The van der Waals surface area contributed by atoms with E-state index in [-0.39, 0.29) is 16.1 Å². The highest BCUT2D eigenvalue weighted by atomic mass is 32.2. The standard InChI is InChI=1S/C19H21FN2O5S/c1-3-22(4-2)28(25,26)15-11-9-14(10-12-15)19(24)27-13-18(23)21-17-8-6-5-7-16(17)20/h5-12H,3-4,13H2,1-2H3,(H,21,23). The Morgan fingerprint density at radius 3 is 2.21 bits per heavy atom. The van der Waals surface area contributed by atoms with Crippen molar-refractivity contribution in [2.45, 2.75) is 18.7 Å². The number of ether oxygens (including phenoxy) is 1. The molecule has 1 N–H and O–H groups in total. The number of hydrogen-bond donors (Lipinski definition) is 1. The molecule has 0 bridgehead atoms. The van der Waals surface area contributed by atoms with Gasteiger partial charge in [-0.05, 0) is 36.4 Å². The summed E-state index contributed by atoms with van der Waals surface area (Å²) in [6.07, 6.45) is 0. The summed E-state index contributed by atoms with van der Waals surface area (Å²) in [5, 5.41) is 2.30. The van der Waals surface area contributed by atoms with Crippen molar-refractivity contribution in [2.24, 2.45) is 0 Å². The van der Waals surface area contributed by atoms with Crippen LogP contribution in [0.3, 0.4) is 0 Å². The molecule has 2 aromatic carbocycles. The zero-order valence-corrected chi connectivity index (χ0v) is 16.3. The van der Waals surface area contributed by atoms with Gasteiger partial charge in [-0.25, -0.2) is 17.6 Å². The quantitative estimate of drug-likeness (QED) is 0.678. The van der Waals surface area contributed by atoms with Gasteiger partial charge in [0.25, 0.3) is 5.91 Å². The van der Waals surface area contributed by atoms with E-state index in [4.69, 9.17) is 4.74 Å². The van der Waals surface area contributed by atoms with Crippen LogP contribution in [0.4, 0.5) is 10.1 Å². The van der Waals surface area contributed by atoms with E-state index in [9.17, 15) is 22.4 Å². The lowest BCUT2D eigenvalue weighted by molar-refractivity contribution is -0.119. The number of esters is 1. The minimum Gasteiger partial charge on any atom is -0.452 e. The minimum atomic E-state index is -3.63. The summed E-state index contributed by atoms with van der Waals surface area (Å²) < 4.78 is 44.5. The second-order valence-corrected chi connectivity index (χ2v) is 7.66. The van der Waals surface area contributed by atoms with E-state index in [1.807, 2.05) is 0 Å². The van der Waals surface area contributed by atoms with E-state index in [2.05, 4.69) is 5.32 Å². The number of amides is 1. The van der Waals surface area contributed by atoms with E-state index in [1.54, 1.807) is 19.9 Å². The molecule has 0 saturated heterocycles. The molecule has 0 aliphatic heterocycles. The third-order valence-corrected chi connectivity index (χ3v) is 5.98. The van der Waals surface area contributed by atoms with Crippen LogP contribution in [0.15, 0.2) is 53.4 Å². The predicted octanol–water partition coefficient (Wildman–Crippen LogP) is 2.65. The average molecular weight is 408 g/mol. The molecular formula is C19H21FN2O5S. The Labute approximate surface area is 163 Å². The number of hydrogen-bond acceptors (Lipinski definition) is 5. The summed E-state index contributed by atoms with van der Waals surface area (Å²) >= 11 is 0. The number of para-hydroxylation sites is 1. The van der Waals surface area contributed by atoms with Gasteiger partial charge in [0.05, 0.1) is 16.1 Å². The van der Waals surface area contributed by atoms with Crippen LogP contribution in [0.25, 0.3) is 0 Å². The van der Waals surface area contributed by atoms with Crippen LogP contribution in [-0.4, -0.2) is 44.3 Å². The van der Waals surface area contributed by atoms with Crippen molar-refractivity contribution < 1.29 is 27.1 Å². The molecule has 0 saturated carbocycles. The smallest absolute Gasteiger partial charge is 0.338 e. The van der Waals surface area contributed by atoms with E-state index in [0.29, 0.717) is 13.1 Å². The molecular weight excluding hydrogens is 387 g/mol. The molecule has 0 aliphatic carbocycles. The van der Waals surface area contributed by atoms with E-state index in [1.165, 1.54) is 46.8 Å². The maximum atomic E-state index is 13.5. The zero-order chi connectivity index (χ0) is 20.7. The van der Waals surface area contributed by atoms with E-state index in [0.717, 1.165) is 0 Å². The monoisotopic (exact) mass is 408 g/mol. The summed E-state index contributed by atoms with van der Waals surface area (Å²) in [5.74, 6) is -2.10. The molecule has 9 heteroatoms. The molecule has 0 aromatic heterocycles. The molecule has 2 rings (SSSR count). The first-order valence-corrected chi connectivity index (χ1v) is 10.0. The van der Waals surface area contributed by atoms with Gasteiger partial charge in [0.1, 0.15) is 5.82 Å². The fourth-order valence-corrected chi connectivity index (χ4v) is 3.90. The summed E-state index contributed by atoms with van der Waals surface area (Å²) in [5.41, 5.74) is 0.0756. The van der Waals surface area contributed by atoms with Gasteiger partial charge in [-0.15, -0.1) is 0 Å². The number of carbonyl (C=O) groups excluding carboxylic acids is 2. The lowest BCUT2D eigenvalue weighted by Gasteiger charge is -2.18. The van der Waals surface area contributed by atoms with Gasteiger partial charge in [-0.3, -0.25) is 4.79 Å². The molecule has 0 atom stereocenters. The van der Waals surface area contributed by atoms with Crippen LogP contribution < -0.4 is 5.32 Å². The number of benzene rings is 2. The second kappa shape index (κ2) is 9.43. The Kier molecular flexibility index (Phi) is 7.24. The van der Waals surface area contributed by atoms with Crippen molar-refractivity contribution >= 4 is 27.6 Å². The molecule has 1 amide bonds. The third kappa shape index (κ3) is 5.14. The Balaban J connectivity index is 1.98. The summed E-state index contributed by atoms with van der Waals surface area (Å²) in [6, 6.07) is 10.8. The van der Waals surface area contributed by atoms with Gasteiger partial charge in [-0.2, -0.15) is 4.31 Å². The van der Waals surface area contributed by atoms with Gasteiger partial charge in [0, 0.05) is 13.1 Å². The lowest BCUT2D eigenvalue weighted by atomic mass is 10.2. The fourth-order valence-electron chi connectivity index (χ4n) is 2.44. The van der Waals surface area contributed by atoms with E-state index < -0.39 is 34.3 Å². The Morgan fingerprint density at radius 1 is 1.04 bits per heavy atom. The number of halogens is 1. The molecule has 0 radical (unpaired) electrons. The van der Waals surface area contributed by atoms with Crippen molar-refractivity contribution in [1.82, 2.24) is 4.31 Å². The van der Waals surface area contributed by atoms with E-state index >= 15 is 0 Å². The Hall–Kier alpha value is -2.78. The van der Waals surface area contributed by atoms with Gasteiger partial charge < -0.3 is 10.1 Å². The molecule has 0 heterocycles. The van der Waals surface area contributed by atoms with Crippen molar-refractivity contribution in [3.05, 3.63) is 59.9 Å². The Bertz CT molecular complexity index is 941. The Morgan fingerprint density at radius 2 is 1.64 bits per heavy atom. The maximum absolute atomic E-state index is 13.5. The SMILES string of the molecule is CCN(CC)S(=O)(=O)c1ccc(C(=O)OCC(=O)Nc2ccccc2F)cc1. The van der Waals surface area contributed by atoms with Gasteiger partial charge in [-0.1, -0.05) is 26.0 Å². The van der Waals surface area contributed by atoms with Crippen molar-refractivity contribution in [2.75, 3.05) is 25.0 Å². The summed E-state index contributed by atoms with van der Waals surface area (Å²) in [6.45, 7) is 3.53. The first-order valence-electron chi connectivity index (χ1n) is 8.61. The van der Waals surface area contributed by atoms with Crippen LogP contribution in [0.2, 0.25) is 0 Å². The van der Waals surface area contributed by atoms with Gasteiger partial charge in [0.2, 0.25) is 10.0 Å². The molecule has 150 valence electrons. The highest BCUT2D eigenvalue weighted by Crippen LogP contribution is 2.17. The highest BCUT2D eigenvalue weighted by Gasteiger charge is 2.22. The molecule has 28 heavy (non-hydrogen) atoms. The zero-order valence-electron chi connectivity index (χ0n) is 15.5. The average Bonchev–Trinajstić information content (AvgIpc) is 2.68. The topological polar surface area (TPSA) is 92.8 Å². The van der Waals surface area contributed by atoms with Gasteiger partial charge in [0.15, 0.2) is 6.61 Å². The number of rotatable bonds is 8. The minimum absolute atomic E-state index is 0.0190. The number of anilines is 1. The maximum Gasteiger partial charge on any atom is 0.338 e. The largest absolute Gasteiger partial charge is 0.452 e. The predicted molar refractivity (Wildman–Crippen MR) is 102 cm³/mol. The second-order valence-electron chi connectivity index (χ2n) is 5.72. The third-order valence-electron chi connectivity index (χ3n) is 3.92. The number of carbonyl (C=O) groups is 2. The van der Waals surface area contributed by atoms with Crippen LogP contribution >= 0.6 is 0 Å². The molecule has 0 unspecified atom stereocenters. The number of nitrogens with zero attached hydrogens (tertiary/aromatic N) is 1. The molecule has 0 aliphatic rings. The summed E-state index contributed by atoms with van der Waals surface area (Å²) in [4.78, 5) is 23.9. The summed E-state index contributed by atoms with van der Waals surface area (Å²) in [7, 11) is -3.63. The van der Waals surface area contributed by atoms with Gasteiger partial charge >= 0.3 is 5.97 Å². The molecule has 0 fully saturated rings. The van der Waals surface area contributed by atoms with Crippen molar-refractivity contribution in [1.29, 1.82) is 0 Å². The molecule has 7 nitrogen and oxygen atoms in total.